The van der Waals surface area contributed by atoms with E-state index in [0.717, 1.165) is 31.9 Å². The molecular formula is C23H27N3O4S. The first kappa shape index (κ1) is 21.6. The number of para-hydroxylation sites is 1. The van der Waals surface area contributed by atoms with Gasteiger partial charge < -0.3 is 14.1 Å². The summed E-state index contributed by atoms with van der Waals surface area (Å²) in [5, 5.41) is 0. The highest BCUT2D eigenvalue weighted by atomic mass is 32.2. The summed E-state index contributed by atoms with van der Waals surface area (Å²) >= 11 is 0. The van der Waals surface area contributed by atoms with Gasteiger partial charge in [-0.15, -0.1) is 0 Å². The number of furan rings is 1. The van der Waals surface area contributed by atoms with E-state index in [1.807, 2.05) is 42.5 Å². The molecule has 4 rings (SSSR count). The van der Waals surface area contributed by atoms with E-state index in [2.05, 4.69) is 21.6 Å². The second-order valence-corrected chi connectivity index (χ2v) is 9.38. The van der Waals surface area contributed by atoms with Crippen molar-refractivity contribution in [1.82, 2.24) is 14.5 Å². The minimum atomic E-state index is -3.67. The van der Waals surface area contributed by atoms with Crippen LogP contribution in [0, 0.1) is 0 Å². The second-order valence-electron chi connectivity index (χ2n) is 7.61. The van der Waals surface area contributed by atoms with E-state index in [1.54, 1.807) is 30.5 Å². The van der Waals surface area contributed by atoms with Crippen LogP contribution in [0.15, 0.2) is 82.3 Å². The molecule has 1 fully saturated rings. The molecule has 1 unspecified atom stereocenters. The van der Waals surface area contributed by atoms with Crippen LogP contribution in [-0.2, 0) is 10.0 Å². The Morgan fingerprint density at radius 1 is 0.935 bits per heavy atom. The third-order valence-corrected chi connectivity index (χ3v) is 6.87. The van der Waals surface area contributed by atoms with Gasteiger partial charge in [-0.05, 0) is 55.6 Å². The maximum Gasteiger partial charge on any atom is 0.240 e. The molecule has 1 atom stereocenters. The van der Waals surface area contributed by atoms with Crippen LogP contribution >= 0.6 is 0 Å². The van der Waals surface area contributed by atoms with Gasteiger partial charge in [0, 0.05) is 32.7 Å². The summed E-state index contributed by atoms with van der Waals surface area (Å²) in [5.74, 6) is 2.04. The molecule has 0 saturated carbocycles. The number of nitrogens with zero attached hydrogens (tertiary/aromatic N) is 2. The first-order valence-electron chi connectivity index (χ1n) is 10.3. The van der Waals surface area contributed by atoms with Gasteiger partial charge in [-0.1, -0.05) is 18.2 Å². The molecule has 1 saturated heterocycles. The largest absolute Gasteiger partial charge is 0.468 e. The van der Waals surface area contributed by atoms with E-state index >= 15 is 0 Å². The Balaban J connectivity index is 1.43. The smallest absolute Gasteiger partial charge is 0.240 e. The number of hydrogen-bond donors (Lipinski definition) is 1. The standard InChI is InChI=1S/C23H27N3O4S/c1-25-13-15-26(16-14-25)22(23-8-5-17-29-23)18-24-31(27,28)21-11-9-20(10-12-21)30-19-6-3-2-4-7-19/h2-12,17,22,24H,13-16,18H2,1H3. The van der Waals surface area contributed by atoms with Gasteiger partial charge >= 0.3 is 0 Å². The number of piperazine rings is 1. The normalized spacial score (nSPS) is 16.8. The Bertz CT molecular complexity index is 1050. The van der Waals surface area contributed by atoms with Crippen LogP contribution in [0.2, 0.25) is 0 Å². The number of nitrogens with one attached hydrogen (secondary N) is 1. The lowest BCUT2D eigenvalue weighted by atomic mass is 10.1. The van der Waals surface area contributed by atoms with Crippen molar-refractivity contribution >= 4 is 10.0 Å². The minimum absolute atomic E-state index is 0.154. The molecule has 1 aromatic heterocycles. The third kappa shape index (κ3) is 5.54. The van der Waals surface area contributed by atoms with Gasteiger partial charge in [-0.2, -0.15) is 0 Å². The molecule has 0 spiro atoms. The molecule has 164 valence electrons. The van der Waals surface area contributed by atoms with Gasteiger partial charge in [0.2, 0.25) is 10.0 Å². The fourth-order valence-electron chi connectivity index (χ4n) is 3.61. The number of ether oxygens (including phenoxy) is 1. The summed E-state index contributed by atoms with van der Waals surface area (Å²) in [7, 11) is -1.58. The summed E-state index contributed by atoms with van der Waals surface area (Å²) in [6.07, 6.45) is 1.62. The molecule has 0 radical (unpaired) electrons. The Morgan fingerprint density at radius 2 is 1.61 bits per heavy atom. The van der Waals surface area contributed by atoms with Gasteiger partial charge in [0.1, 0.15) is 17.3 Å². The fourth-order valence-corrected chi connectivity index (χ4v) is 4.65. The third-order valence-electron chi connectivity index (χ3n) is 5.43. The number of sulfonamides is 1. The maximum absolute atomic E-state index is 12.9. The SMILES string of the molecule is CN1CCN(C(CNS(=O)(=O)c2ccc(Oc3ccccc3)cc2)c2ccco2)CC1. The second kappa shape index (κ2) is 9.65. The maximum atomic E-state index is 12.9. The molecule has 0 aliphatic carbocycles. The van der Waals surface area contributed by atoms with Gasteiger partial charge in [0.15, 0.2) is 0 Å². The minimum Gasteiger partial charge on any atom is -0.468 e. The Hall–Kier alpha value is -2.65. The van der Waals surface area contributed by atoms with Crippen LogP contribution in [0.5, 0.6) is 11.5 Å². The molecule has 2 aromatic carbocycles. The number of hydrogen-bond acceptors (Lipinski definition) is 6. The topological polar surface area (TPSA) is 75.0 Å². The van der Waals surface area contributed by atoms with Crippen molar-refractivity contribution in [3.63, 3.8) is 0 Å². The summed E-state index contributed by atoms with van der Waals surface area (Å²) in [4.78, 5) is 4.72. The van der Waals surface area contributed by atoms with E-state index in [0.29, 0.717) is 11.5 Å². The zero-order chi connectivity index (χ0) is 21.7. The van der Waals surface area contributed by atoms with Gasteiger partial charge in [0.25, 0.3) is 0 Å². The van der Waals surface area contributed by atoms with E-state index in [9.17, 15) is 8.42 Å². The number of benzene rings is 2. The first-order valence-corrected chi connectivity index (χ1v) is 11.8. The number of likely N-dealkylation sites (N-methyl/N-ethyl adjacent to an activating group) is 1. The van der Waals surface area contributed by atoms with Gasteiger partial charge in [-0.25, -0.2) is 13.1 Å². The molecule has 7 nitrogen and oxygen atoms in total. The van der Waals surface area contributed by atoms with Crippen LogP contribution in [-0.4, -0.2) is 58.0 Å². The van der Waals surface area contributed by atoms with Crippen LogP contribution in [0.1, 0.15) is 11.8 Å². The molecular weight excluding hydrogens is 414 g/mol. The van der Waals surface area contributed by atoms with Crippen molar-refractivity contribution in [3.05, 3.63) is 78.8 Å². The first-order chi connectivity index (χ1) is 15.0. The van der Waals surface area contributed by atoms with Gasteiger partial charge in [-0.3, -0.25) is 4.90 Å². The Labute approximate surface area is 183 Å². The zero-order valence-corrected chi connectivity index (χ0v) is 18.3. The summed E-state index contributed by atoms with van der Waals surface area (Å²) < 4.78 is 39.9. The van der Waals surface area contributed by atoms with E-state index in [1.165, 1.54) is 0 Å². The molecule has 3 aromatic rings. The van der Waals surface area contributed by atoms with Crippen molar-refractivity contribution in [2.24, 2.45) is 0 Å². The molecule has 1 N–H and O–H groups in total. The fraction of sp³-hybridized carbons (Fsp3) is 0.304. The molecule has 0 amide bonds. The predicted octanol–water partition coefficient (Wildman–Crippen LogP) is 3.34. The lowest BCUT2D eigenvalue weighted by Gasteiger charge is -2.37. The average molecular weight is 442 g/mol. The molecule has 1 aliphatic heterocycles. The predicted molar refractivity (Wildman–Crippen MR) is 119 cm³/mol. The van der Waals surface area contributed by atoms with Gasteiger partial charge in [0.05, 0.1) is 17.2 Å². The summed E-state index contributed by atoms with van der Waals surface area (Å²) in [5.41, 5.74) is 0. The highest BCUT2D eigenvalue weighted by Gasteiger charge is 2.27. The highest BCUT2D eigenvalue weighted by molar-refractivity contribution is 7.89. The lowest BCUT2D eigenvalue weighted by Crippen LogP contribution is -2.48. The van der Waals surface area contributed by atoms with Crippen molar-refractivity contribution < 1.29 is 17.6 Å². The number of rotatable bonds is 8. The van der Waals surface area contributed by atoms with Crippen molar-refractivity contribution in [2.75, 3.05) is 39.8 Å². The van der Waals surface area contributed by atoms with Crippen molar-refractivity contribution in [1.29, 1.82) is 0 Å². The molecule has 8 heteroatoms. The van der Waals surface area contributed by atoms with Crippen molar-refractivity contribution in [3.8, 4) is 11.5 Å². The molecule has 1 aliphatic rings. The quantitative estimate of drug-likeness (QED) is 0.578. The highest BCUT2D eigenvalue weighted by Crippen LogP contribution is 2.25. The molecule has 2 heterocycles. The van der Waals surface area contributed by atoms with Crippen LogP contribution in [0.25, 0.3) is 0 Å². The van der Waals surface area contributed by atoms with Crippen LogP contribution in [0.4, 0.5) is 0 Å². The summed E-state index contributed by atoms with van der Waals surface area (Å²) in [6, 6.07) is 19.4. The zero-order valence-electron chi connectivity index (χ0n) is 17.5. The van der Waals surface area contributed by atoms with E-state index in [4.69, 9.17) is 9.15 Å². The lowest BCUT2D eigenvalue weighted by molar-refractivity contribution is 0.102. The van der Waals surface area contributed by atoms with E-state index in [-0.39, 0.29) is 17.5 Å². The van der Waals surface area contributed by atoms with Crippen molar-refractivity contribution in [2.45, 2.75) is 10.9 Å². The Morgan fingerprint density at radius 3 is 2.26 bits per heavy atom. The summed E-state index contributed by atoms with van der Waals surface area (Å²) in [6.45, 7) is 3.83. The average Bonchev–Trinajstić information content (AvgIpc) is 3.31. The molecule has 31 heavy (non-hydrogen) atoms. The molecule has 0 bridgehead atoms. The Kier molecular flexibility index (Phi) is 6.72. The van der Waals surface area contributed by atoms with E-state index < -0.39 is 10.0 Å². The van der Waals surface area contributed by atoms with Crippen LogP contribution < -0.4 is 9.46 Å². The monoisotopic (exact) mass is 441 g/mol. The van der Waals surface area contributed by atoms with Crippen LogP contribution in [0.3, 0.4) is 0 Å².